The summed E-state index contributed by atoms with van der Waals surface area (Å²) in [6.07, 6.45) is 2.95. The molecule has 0 saturated heterocycles. The number of nitrogens with two attached hydrogens (primary N) is 1. The predicted octanol–water partition coefficient (Wildman–Crippen LogP) is 2.70. The Morgan fingerprint density at radius 2 is 2.18 bits per heavy atom. The van der Waals surface area contributed by atoms with Gasteiger partial charge in [0, 0.05) is 23.6 Å². The Kier molecular flexibility index (Phi) is 2.56. The molecule has 1 aliphatic heterocycles. The summed E-state index contributed by atoms with van der Waals surface area (Å²) in [5, 5.41) is 0. The van der Waals surface area contributed by atoms with Gasteiger partial charge in [0.15, 0.2) is 11.5 Å². The molecule has 0 bridgehead atoms. The van der Waals surface area contributed by atoms with Crippen molar-refractivity contribution in [1.29, 1.82) is 0 Å². The van der Waals surface area contributed by atoms with Crippen molar-refractivity contribution in [3.05, 3.63) is 21.9 Å². The highest BCUT2D eigenvalue weighted by Crippen LogP contribution is 2.52. The Labute approximate surface area is 107 Å². The first-order valence-corrected chi connectivity index (χ1v) is 6.45. The molecule has 1 heterocycles. The molecular formula is C12H13BrFNO2. The van der Waals surface area contributed by atoms with E-state index in [1.165, 1.54) is 6.07 Å². The third-order valence-electron chi connectivity index (χ3n) is 3.79. The van der Waals surface area contributed by atoms with Crippen LogP contribution >= 0.6 is 15.9 Å². The van der Waals surface area contributed by atoms with Crippen LogP contribution in [0.2, 0.25) is 0 Å². The van der Waals surface area contributed by atoms with E-state index in [4.69, 9.17) is 15.2 Å². The molecule has 17 heavy (non-hydrogen) atoms. The molecule has 0 radical (unpaired) electrons. The lowest BCUT2D eigenvalue weighted by atomic mass is 9.64. The maximum absolute atomic E-state index is 14.2. The maximum atomic E-state index is 14.2. The molecule has 1 aliphatic carbocycles. The summed E-state index contributed by atoms with van der Waals surface area (Å²) < 4.78 is 25.4. The molecule has 0 aromatic heterocycles. The molecule has 3 nitrogen and oxygen atoms in total. The Morgan fingerprint density at radius 1 is 1.41 bits per heavy atom. The first-order chi connectivity index (χ1) is 8.18. The van der Waals surface area contributed by atoms with E-state index >= 15 is 0 Å². The van der Waals surface area contributed by atoms with Gasteiger partial charge in [0.1, 0.15) is 5.82 Å². The van der Waals surface area contributed by atoms with Crippen LogP contribution in [-0.2, 0) is 5.41 Å². The summed E-state index contributed by atoms with van der Waals surface area (Å²) in [7, 11) is 0. The Balaban J connectivity index is 2.17. The van der Waals surface area contributed by atoms with Crippen molar-refractivity contribution in [3.8, 4) is 11.5 Å². The van der Waals surface area contributed by atoms with Crippen LogP contribution in [0.1, 0.15) is 24.8 Å². The van der Waals surface area contributed by atoms with E-state index in [1.807, 2.05) is 0 Å². The highest BCUT2D eigenvalue weighted by Gasteiger charge is 2.42. The standard InChI is InChI=1S/C12H13BrFNO2/c13-10-9(12(5-15)2-1-3-12)7(14)4-8-11(10)17-6-16-8/h4H,1-3,5-6,15H2. The molecule has 1 aromatic carbocycles. The van der Waals surface area contributed by atoms with Crippen LogP contribution < -0.4 is 15.2 Å². The van der Waals surface area contributed by atoms with Gasteiger partial charge in [-0.2, -0.15) is 0 Å². The topological polar surface area (TPSA) is 44.5 Å². The number of hydrogen-bond acceptors (Lipinski definition) is 3. The normalized spacial score (nSPS) is 20.2. The monoisotopic (exact) mass is 301 g/mol. The second-order valence-electron chi connectivity index (χ2n) is 4.62. The number of halogens is 2. The fourth-order valence-electron chi connectivity index (χ4n) is 2.62. The van der Waals surface area contributed by atoms with Gasteiger partial charge in [-0.3, -0.25) is 0 Å². The average Bonchev–Trinajstić information content (AvgIpc) is 2.69. The third-order valence-corrected chi connectivity index (χ3v) is 4.55. The smallest absolute Gasteiger partial charge is 0.231 e. The largest absolute Gasteiger partial charge is 0.453 e. The Morgan fingerprint density at radius 3 is 2.76 bits per heavy atom. The minimum atomic E-state index is -0.258. The quantitative estimate of drug-likeness (QED) is 0.913. The van der Waals surface area contributed by atoms with Crippen LogP contribution in [0.3, 0.4) is 0 Å². The SMILES string of the molecule is NCC1(c2c(F)cc3c(c2Br)OCO3)CCC1. The molecular weight excluding hydrogens is 289 g/mol. The lowest BCUT2D eigenvalue weighted by Crippen LogP contribution is -2.42. The van der Waals surface area contributed by atoms with Crippen molar-refractivity contribution in [2.24, 2.45) is 5.73 Å². The van der Waals surface area contributed by atoms with Crippen molar-refractivity contribution in [2.45, 2.75) is 24.7 Å². The van der Waals surface area contributed by atoms with Crippen molar-refractivity contribution in [1.82, 2.24) is 0 Å². The van der Waals surface area contributed by atoms with Gasteiger partial charge in [-0.25, -0.2) is 4.39 Å². The minimum absolute atomic E-state index is 0.145. The fraction of sp³-hybridized carbons (Fsp3) is 0.500. The van der Waals surface area contributed by atoms with Crippen LogP contribution in [0.15, 0.2) is 10.5 Å². The minimum Gasteiger partial charge on any atom is -0.453 e. The number of hydrogen-bond donors (Lipinski definition) is 1. The zero-order valence-electron chi connectivity index (χ0n) is 9.26. The van der Waals surface area contributed by atoms with E-state index in [0.29, 0.717) is 28.1 Å². The summed E-state index contributed by atoms with van der Waals surface area (Å²) in [4.78, 5) is 0. The Hall–Kier alpha value is -0.810. The highest BCUT2D eigenvalue weighted by atomic mass is 79.9. The van der Waals surface area contributed by atoms with E-state index in [9.17, 15) is 4.39 Å². The number of benzene rings is 1. The second-order valence-corrected chi connectivity index (χ2v) is 5.41. The number of rotatable bonds is 2. The van der Waals surface area contributed by atoms with Crippen molar-refractivity contribution in [2.75, 3.05) is 13.3 Å². The van der Waals surface area contributed by atoms with Crippen molar-refractivity contribution in [3.63, 3.8) is 0 Å². The van der Waals surface area contributed by atoms with Gasteiger partial charge < -0.3 is 15.2 Å². The van der Waals surface area contributed by atoms with Gasteiger partial charge in [-0.05, 0) is 28.8 Å². The second kappa shape index (κ2) is 3.85. The van der Waals surface area contributed by atoms with Crippen molar-refractivity contribution >= 4 is 15.9 Å². The lowest BCUT2D eigenvalue weighted by molar-refractivity contribution is 0.173. The van der Waals surface area contributed by atoms with Crippen LogP contribution in [0.4, 0.5) is 4.39 Å². The van der Waals surface area contributed by atoms with E-state index in [2.05, 4.69) is 15.9 Å². The molecule has 1 fully saturated rings. The molecule has 2 aliphatic rings. The van der Waals surface area contributed by atoms with E-state index in [0.717, 1.165) is 19.3 Å². The molecule has 1 saturated carbocycles. The Bertz CT molecular complexity index is 469. The lowest BCUT2D eigenvalue weighted by Gasteiger charge is -2.42. The summed E-state index contributed by atoms with van der Waals surface area (Å²) in [6, 6.07) is 1.40. The summed E-state index contributed by atoms with van der Waals surface area (Å²) in [5.41, 5.74) is 6.24. The van der Waals surface area contributed by atoms with Gasteiger partial charge in [-0.1, -0.05) is 6.42 Å². The van der Waals surface area contributed by atoms with Crippen LogP contribution in [0.5, 0.6) is 11.5 Å². The van der Waals surface area contributed by atoms with Crippen molar-refractivity contribution < 1.29 is 13.9 Å². The van der Waals surface area contributed by atoms with Crippen LogP contribution in [0, 0.1) is 5.82 Å². The molecule has 0 amide bonds. The average molecular weight is 302 g/mol. The van der Waals surface area contributed by atoms with Gasteiger partial charge in [0.25, 0.3) is 0 Å². The molecule has 0 unspecified atom stereocenters. The van der Waals surface area contributed by atoms with E-state index < -0.39 is 0 Å². The molecule has 0 spiro atoms. The third kappa shape index (κ3) is 1.48. The first-order valence-electron chi connectivity index (χ1n) is 5.66. The highest BCUT2D eigenvalue weighted by molar-refractivity contribution is 9.10. The van der Waals surface area contributed by atoms with E-state index in [1.54, 1.807) is 0 Å². The molecule has 2 N–H and O–H groups in total. The number of ether oxygens (including phenoxy) is 2. The molecule has 3 rings (SSSR count). The zero-order chi connectivity index (χ0) is 12.0. The first kappa shape index (κ1) is 11.3. The summed E-state index contributed by atoms with van der Waals surface area (Å²) in [6.45, 7) is 0.606. The van der Waals surface area contributed by atoms with Gasteiger partial charge in [0.05, 0.1) is 4.47 Å². The predicted molar refractivity (Wildman–Crippen MR) is 64.8 cm³/mol. The zero-order valence-corrected chi connectivity index (χ0v) is 10.8. The van der Waals surface area contributed by atoms with Crippen LogP contribution in [-0.4, -0.2) is 13.3 Å². The molecule has 92 valence electrons. The fourth-order valence-corrected chi connectivity index (χ4v) is 3.54. The molecule has 1 aromatic rings. The van der Waals surface area contributed by atoms with Gasteiger partial charge in [0.2, 0.25) is 6.79 Å². The van der Waals surface area contributed by atoms with E-state index in [-0.39, 0.29) is 18.0 Å². The molecule has 5 heteroatoms. The van der Waals surface area contributed by atoms with Crippen LogP contribution in [0.25, 0.3) is 0 Å². The maximum Gasteiger partial charge on any atom is 0.231 e. The van der Waals surface area contributed by atoms with Gasteiger partial charge in [-0.15, -0.1) is 0 Å². The summed E-state index contributed by atoms with van der Waals surface area (Å²) >= 11 is 3.43. The molecule has 0 atom stereocenters. The van der Waals surface area contributed by atoms with Gasteiger partial charge >= 0.3 is 0 Å². The number of fused-ring (bicyclic) bond motifs is 1. The summed E-state index contributed by atoms with van der Waals surface area (Å²) in [5.74, 6) is 0.803.